The van der Waals surface area contributed by atoms with Crippen LogP contribution < -0.4 is 15.8 Å². The molecular weight excluding hydrogens is 324 g/mol. The maximum absolute atomic E-state index is 12.2. The van der Waals surface area contributed by atoms with Crippen LogP contribution in [0, 0.1) is 0 Å². The number of carbonyl (C=O) groups excluding carboxylic acids is 1. The van der Waals surface area contributed by atoms with Gasteiger partial charge in [0.25, 0.3) is 0 Å². The third-order valence-corrected chi connectivity index (χ3v) is 3.61. The SMILES string of the molecule is CCCC(N)C(=O)NC(COc1ccccc1)c1ccccc1.Cl. The second-order valence-corrected chi connectivity index (χ2v) is 5.49. The van der Waals surface area contributed by atoms with Gasteiger partial charge in [0.15, 0.2) is 0 Å². The second-order valence-electron chi connectivity index (χ2n) is 5.49. The lowest BCUT2D eigenvalue weighted by molar-refractivity contribution is -0.123. The molecule has 0 heterocycles. The fourth-order valence-electron chi connectivity index (χ4n) is 2.32. The van der Waals surface area contributed by atoms with E-state index in [9.17, 15) is 4.79 Å². The molecule has 2 aromatic rings. The number of nitrogens with one attached hydrogen (secondary N) is 1. The van der Waals surface area contributed by atoms with E-state index in [1.165, 1.54) is 0 Å². The smallest absolute Gasteiger partial charge is 0.237 e. The minimum atomic E-state index is -0.483. The maximum Gasteiger partial charge on any atom is 0.237 e. The highest BCUT2D eigenvalue weighted by Crippen LogP contribution is 2.16. The first-order valence-electron chi connectivity index (χ1n) is 7.99. The van der Waals surface area contributed by atoms with Gasteiger partial charge in [0, 0.05) is 0 Å². The van der Waals surface area contributed by atoms with Crippen molar-refractivity contribution in [3.05, 3.63) is 66.2 Å². The lowest BCUT2D eigenvalue weighted by Crippen LogP contribution is -2.43. The van der Waals surface area contributed by atoms with E-state index in [-0.39, 0.29) is 24.4 Å². The van der Waals surface area contributed by atoms with Gasteiger partial charge in [-0.2, -0.15) is 0 Å². The van der Waals surface area contributed by atoms with Crippen molar-refractivity contribution in [2.45, 2.75) is 31.8 Å². The number of amides is 1. The number of nitrogens with two attached hydrogens (primary N) is 1. The second kappa shape index (κ2) is 10.7. The normalized spacial score (nSPS) is 12.6. The van der Waals surface area contributed by atoms with Gasteiger partial charge in [0.1, 0.15) is 12.4 Å². The molecular formula is C19H25ClN2O2. The van der Waals surface area contributed by atoms with Crippen LogP contribution in [0.3, 0.4) is 0 Å². The van der Waals surface area contributed by atoms with Crippen LogP contribution in [-0.2, 0) is 4.79 Å². The Balaban J connectivity index is 0.00000288. The van der Waals surface area contributed by atoms with Crippen LogP contribution in [0.4, 0.5) is 0 Å². The molecule has 0 aliphatic carbocycles. The van der Waals surface area contributed by atoms with Gasteiger partial charge in [-0.05, 0) is 24.1 Å². The van der Waals surface area contributed by atoms with Crippen LogP contribution in [0.25, 0.3) is 0 Å². The van der Waals surface area contributed by atoms with Crippen molar-refractivity contribution in [1.29, 1.82) is 0 Å². The van der Waals surface area contributed by atoms with Gasteiger partial charge >= 0.3 is 0 Å². The van der Waals surface area contributed by atoms with Gasteiger partial charge in [-0.25, -0.2) is 0 Å². The maximum atomic E-state index is 12.2. The molecule has 130 valence electrons. The molecule has 0 radical (unpaired) electrons. The zero-order chi connectivity index (χ0) is 16.5. The fraction of sp³-hybridized carbons (Fsp3) is 0.316. The van der Waals surface area contributed by atoms with Crippen molar-refractivity contribution < 1.29 is 9.53 Å². The zero-order valence-corrected chi connectivity index (χ0v) is 14.7. The lowest BCUT2D eigenvalue weighted by atomic mass is 10.1. The summed E-state index contributed by atoms with van der Waals surface area (Å²) in [4.78, 5) is 12.2. The standard InChI is InChI=1S/C19H24N2O2.ClH/c1-2-9-17(20)19(22)21-18(15-10-5-3-6-11-15)14-23-16-12-7-4-8-13-16;/h3-8,10-13,17-18H,2,9,14,20H2,1H3,(H,21,22);1H. The van der Waals surface area contributed by atoms with Gasteiger partial charge in [-0.1, -0.05) is 61.9 Å². The van der Waals surface area contributed by atoms with Crippen LogP contribution in [-0.4, -0.2) is 18.6 Å². The molecule has 5 heteroatoms. The highest BCUT2D eigenvalue weighted by atomic mass is 35.5. The predicted molar refractivity (Wildman–Crippen MR) is 99.4 cm³/mol. The molecule has 2 aromatic carbocycles. The molecule has 0 spiro atoms. The Bertz CT molecular complexity index is 593. The topological polar surface area (TPSA) is 64.4 Å². The van der Waals surface area contributed by atoms with Crippen molar-refractivity contribution in [3.63, 3.8) is 0 Å². The first-order valence-corrected chi connectivity index (χ1v) is 7.99. The average molecular weight is 349 g/mol. The Labute approximate surface area is 149 Å². The van der Waals surface area contributed by atoms with E-state index in [2.05, 4.69) is 5.32 Å². The minimum absolute atomic E-state index is 0. The van der Waals surface area contributed by atoms with Gasteiger partial charge in [-0.3, -0.25) is 4.79 Å². The number of para-hydroxylation sites is 1. The van der Waals surface area contributed by atoms with E-state index < -0.39 is 6.04 Å². The molecule has 0 bridgehead atoms. The zero-order valence-electron chi connectivity index (χ0n) is 13.9. The summed E-state index contributed by atoms with van der Waals surface area (Å²) in [5, 5.41) is 3.00. The minimum Gasteiger partial charge on any atom is -0.491 e. The molecule has 2 rings (SSSR count). The molecule has 24 heavy (non-hydrogen) atoms. The van der Waals surface area contributed by atoms with Crippen molar-refractivity contribution in [2.24, 2.45) is 5.73 Å². The van der Waals surface area contributed by atoms with Crippen molar-refractivity contribution in [3.8, 4) is 5.75 Å². The third-order valence-electron chi connectivity index (χ3n) is 3.61. The highest BCUT2D eigenvalue weighted by Gasteiger charge is 2.19. The lowest BCUT2D eigenvalue weighted by Gasteiger charge is -2.22. The van der Waals surface area contributed by atoms with Gasteiger partial charge < -0.3 is 15.8 Å². The van der Waals surface area contributed by atoms with Crippen LogP contribution in [0.2, 0.25) is 0 Å². The predicted octanol–water partition coefficient (Wildman–Crippen LogP) is 3.47. The number of halogens is 1. The van der Waals surface area contributed by atoms with E-state index in [1.54, 1.807) is 0 Å². The molecule has 3 N–H and O–H groups in total. The average Bonchev–Trinajstić information content (AvgIpc) is 2.60. The van der Waals surface area contributed by atoms with Crippen LogP contribution in [0.15, 0.2) is 60.7 Å². The third kappa shape index (κ3) is 6.22. The van der Waals surface area contributed by atoms with Gasteiger partial charge in [0.05, 0.1) is 12.1 Å². The number of hydrogen-bond acceptors (Lipinski definition) is 3. The Morgan fingerprint density at radius 2 is 1.67 bits per heavy atom. The molecule has 0 saturated carbocycles. The molecule has 4 nitrogen and oxygen atoms in total. The molecule has 2 atom stereocenters. The number of rotatable bonds is 8. The number of carbonyl (C=O) groups is 1. The van der Waals surface area contributed by atoms with Crippen LogP contribution in [0.1, 0.15) is 31.4 Å². The Kier molecular flexibility index (Phi) is 8.90. The molecule has 0 aliphatic rings. The molecule has 1 amide bonds. The summed E-state index contributed by atoms with van der Waals surface area (Å²) in [5.74, 6) is 0.637. The number of ether oxygens (including phenoxy) is 1. The fourth-order valence-corrected chi connectivity index (χ4v) is 2.32. The summed E-state index contributed by atoms with van der Waals surface area (Å²) in [5.41, 5.74) is 6.91. The highest BCUT2D eigenvalue weighted by molar-refractivity contribution is 5.85. The Morgan fingerprint density at radius 3 is 2.25 bits per heavy atom. The van der Waals surface area contributed by atoms with E-state index in [4.69, 9.17) is 10.5 Å². The van der Waals surface area contributed by atoms with Crippen molar-refractivity contribution >= 4 is 18.3 Å². The summed E-state index contributed by atoms with van der Waals surface area (Å²) < 4.78 is 5.81. The van der Waals surface area contributed by atoms with Gasteiger partial charge in [-0.15, -0.1) is 12.4 Å². The summed E-state index contributed by atoms with van der Waals surface area (Å²) in [6, 6.07) is 18.7. The van der Waals surface area contributed by atoms with E-state index >= 15 is 0 Å². The molecule has 0 aromatic heterocycles. The molecule has 0 saturated heterocycles. The van der Waals surface area contributed by atoms with Crippen LogP contribution >= 0.6 is 12.4 Å². The summed E-state index contributed by atoms with van der Waals surface area (Å²) in [6.07, 6.45) is 1.55. The molecule has 0 aliphatic heterocycles. The number of hydrogen-bond donors (Lipinski definition) is 2. The number of benzene rings is 2. The van der Waals surface area contributed by atoms with Crippen LogP contribution in [0.5, 0.6) is 5.75 Å². The van der Waals surface area contributed by atoms with E-state index in [1.807, 2.05) is 67.6 Å². The van der Waals surface area contributed by atoms with E-state index in [0.717, 1.165) is 17.7 Å². The largest absolute Gasteiger partial charge is 0.491 e. The molecule has 2 unspecified atom stereocenters. The first kappa shape index (κ1) is 20.0. The molecule has 0 fully saturated rings. The van der Waals surface area contributed by atoms with Gasteiger partial charge in [0.2, 0.25) is 5.91 Å². The van der Waals surface area contributed by atoms with Crippen molar-refractivity contribution in [1.82, 2.24) is 5.32 Å². The summed E-state index contributed by atoms with van der Waals surface area (Å²) in [6.45, 7) is 2.37. The monoisotopic (exact) mass is 348 g/mol. The quantitative estimate of drug-likeness (QED) is 0.767. The Morgan fingerprint density at radius 1 is 1.08 bits per heavy atom. The summed E-state index contributed by atoms with van der Waals surface area (Å²) >= 11 is 0. The Hall–Kier alpha value is -2.04. The van der Waals surface area contributed by atoms with E-state index in [0.29, 0.717) is 13.0 Å². The summed E-state index contributed by atoms with van der Waals surface area (Å²) in [7, 11) is 0. The first-order chi connectivity index (χ1) is 11.2. The van der Waals surface area contributed by atoms with Crippen molar-refractivity contribution in [2.75, 3.05) is 6.61 Å².